The predicted molar refractivity (Wildman–Crippen MR) is 125 cm³/mol. The van der Waals surface area contributed by atoms with Crippen molar-refractivity contribution >= 4 is 11.6 Å². The molecule has 0 amide bonds. The molecule has 0 unspecified atom stereocenters. The van der Waals surface area contributed by atoms with Crippen LogP contribution in [0.5, 0.6) is 17.2 Å². The van der Waals surface area contributed by atoms with E-state index in [2.05, 4.69) is 33.6 Å². The van der Waals surface area contributed by atoms with E-state index in [0.717, 1.165) is 33.7 Å². The van der Waals surface area contributed by atoms with Crippen molar-refractivity contribution in [3.63, 3.8) is 0 Å². The normalized spacial score (nSPS) is 18.4. The smallest absolute Gasteiger partial charge is 0.226 e. The molecule has 1 N–H and O–H groups in total. The van der Waals surface area contributed by atoms with Crippen LogP contribution in [0.3, 0.4) is 0 Å². The first-order valence-corrected chi connectivity index (χ1v) is 10.7. The van der Waals surface area contributed by atoms with Gasteiger partial charge in [-0.25, -0.2) is 4.68 Å². The molecule has 6 rings (SSSR count). The molecule has 3 heterocycles. The molecule has 0 aliphatic carbocycles. The summed E-state index contributed by atoms with van der Waals surface area (Å²) in [5.74, 6) is 2.78. The minimum atomic E-state index is -0.435. The van der Waals surface area contributed by atoms with E-state index in [1.165, 1.54) is 0 Å². The Balaban J connectivity index is 1.65. The number of hydrogen-bond donors (Lipinski definition) is 1. The van der Waals surface area contributed by atoms with Crippen LogP contribution < -0.4 is 19.5 Å². The third-order valence-corrected chi connectivity index (χ3v) is 6.15. The van der Waals surface area contributed by atoms with Crippen LogP contribution in [0.1, 0.15) is 28.8 Å². The van der Waals surface area contributed by atoms with Crippen LogP contribution in [0.4, 0.5) is 5.95 Å². The van der Waals surface area contributed by atoms with E-state index in [0.29, 0.717) is 17.4 Å². The van der Waals surface area contributed by atoms with Crippen molar-refractivity contribution in [2.45, 2.75) is 12.1 Å². The molecule has 4 aromatic rings. The van der Waals surface area contributed by atoms with Gasteiger partial charge in [0.2, 0.25) is 5.95 Å². The number of nitrogens with zero attached hydrogens (tertiary/aromatic N) is 3. The quantitative estimate of drug-likeness (QED) is 0.491. The van der Waals surface area contributed by atoms with Gasteiger partial charge in [-0.3, -0.25) is 0 Å². The first-order chi connectivity index (χ1) is 16.3. The highest BCUT2D eigenvalue weighted by atomic mass is 16.5. The average molecular weight is 438 g/mol. The van der Waals surface area contributed by atoms with Crippen molar-refractivity contribution in [3.05, 3.63) is 101 Å². The minimum absolute atomic E-state index is 0.214. The molecule has 2 aliphatic rings. The highest BCUT2D eigenvalue weighted by molar-refractivity contribution is 5.85. The van der Waals surface area contributed by atoms with Crippen LogP contribution in [0.2, 0.25) is 0 Å². The van der Waals surface area contributed by atoms with Crippen molar-refractivity contribution in [1.29, 1.82) is 0 Å². The van der Waals surface area contributed by atoms with E-state index in [1.807, 2.05) is 59.3 Å². The Morgan fingerprint density at radius 1 is 0.909 bits per heavy atom. The second-order valence-corrected chi connectivity index (χ2v) is 7.87. The monoisotopic (exact) mass is 438 g/mol. The van der Waals surface area contributed by atoms with E-state index >= 15 is 0 Å². The molecule has 7 heteroatoms. The second kappa shape index (κ2) is 7.70. The maximum atomic E-state index is 6.68. The van der Waals surface area contributed by atoms with Gasteiger partial charge in [-0.05, 0) is 23.8 Å². The number of anilines is 1. The second-order valence-electron chi connectivity index (χ2n) is 7.87. The lowest BCUT2D eigenvalue weighted by atomic mass is 9.84. The zero-order chi connectivity index (χ0) is 22.4. The summed E-state index contributed by atoms with van der Waals surface area (Å²) in [6.07, 6.45) is 1.14. The van der Waals surface area contributed by atoms with Crippen molar-refractivity contribution < 1.29 is 14.2 Å². The summed E-state index contributed by atoms with van der Waals surface area (Å²) in [6.45, 7) is 0. The van der Waals surface area contributed by atoms with Gasteiger partial charge < -0.3 is 19.5 Å². The summed E-state index contributed by atoms with van der Waals surface area (Å²) >= 11 is 0. The Bertz CT molecular complexity index is 1360. The van der Waals surface area contributed by atoms with Crippen LogP contribution in [0, 0.1) is 0 Å². The molecule has 2 aliphatic heterocycles. The third-order valence-electron chi connectivity index (χ3n) is 6.15. The van der Waals surface area contributed by atoms with Gasteiger partial charge in [0.1, 0.15) is 18.1 Å². The molecule has 0 saturated carbocycles. The number of fused-ring (bicyclic) bond motifs is 3. The first kappa shape index (κ1) is 19.4. The molecule has 1 aromatic heterocycles. The molecule has 7 nitrogen and oxygen atoms in total. The fourth-order valence-electron chi connectivity index (χ4n) is 4.75. The van der Waals surface area contributed by atoms with Gasteiger partial charge in [-0.2, -0.15) is 10.1 Å². The largest absolute Gasteiger partial charge is 0.493 e. The molecule has 0 bridgehead atoms. The van der Waals surface area contributed by atoms with E-state index in [9.17, 15) is 0 Å². The highest BCUT2D eigenvalue weighted by Crippen LogP contribution is 2.52. The number of rotatable bonds is 4. The molecular formula is C26H22N4O3. The van der Waals surface area contributed by atoms with E-state index in [1.54, 1.807) is 20.5 Å². The lowest BCUT2D eigenvalue weighted by Crippen LogP contribution is -2.32. The molecule has 3 aromatic carbocycles. The zero-order valence-electron chi connectivity index (χ0n) is 18.2. The minimum Gasteiger partial charge on any atom is -0.493 e. The zero-order valence-corrected chi connectivity index (χ0v) is 18.2. The highest BCUT2D eigenvalue weighted by Gasteiger charge is 2.42. The van der Waals surface area contributed by atoms with Gasteiger partial charge in [0.25, 0.3) is 0 Å². The maximum Gasteiger partial charge on any atom is 0.226 e. The molecular weight excluding hydrogens is 416 g/mol. The summed E-state index contributed by atoms with van der Waals surface area (Å²) in [5.41, 5.74) is 4.96. The molecule has 2 atom stereocenters. The number of ether oxygens (including phenoxy) is 3. The topological polar surface area (TPSA) is 70.4 Å². The maximum absolute atomic E-state index is 6.68. The number of methoxy groups -OCH3 is 2. The van der Waals surface area contributed by atoms with Gasteiger partial charge in [0.15, 0.2) is 17.6 Å². The van der Waals surface area contributed by atoms with E-state index < -0.39 is 6.10 Å². The third kappa shape index (κ3) is 2.96. The molecule has 0 spiro atoms. The fraction of sp³-hybridized carbons (Fsp3) is 0.154. The summed E-state index contributed by atoms with van der Waals surface area (Å²) < 4.78 is 20.0. The number of nitrogens with one attached hydrogen (secondary N) is 1. The van der Waals surface area contributed by atoms with Crippen LogP contribution in [-0.2, 0) is 0 Å². The Morgan fingerprint density at radius 3 is 2.55 bits per heavy atom. The van der Waals surface area contributed by atoms with Gasteiger partial charge in [-0.15, -0.1) is 0 Å². The number of benzene rings is 3. The van der Waals surface area contributed by atoms with Gasteiger partial charge in [0.05, 0.1) is 19.9 Å². The standard InChI is InChI=1S/C26H22N4O3/c1-31-20-14-8-12-18(24(20)32-2)25-21-22(17-11-6-7-13-19(17)33-25)29-26-27-15-28-30(26)23(21)16-9-4-3-5-10-16/h3-15,23,25H,1-2H3,(H,27,28,29)/t23-,25-/m1/s1. The lowest BCUT2D eigenvalue weighted by molar-refractivity contribution is 0.216. The van der Waals surface area contributed by atoms with Gasteiger partial charge >= 0.3 is 0 Å². The number of hydrogen-bond acceptors (Lipinski definition) is 6. The number of para-hydroxylation sites is 2. The fourth-order valence-corrected chi connectivity index (χ4v) is 4.75. The van der Waals surface area contributed by atoms with Crippen molar-refractivity contribution in [1.82, 2.24) is 14.8 Å². The molecule has 164 valence electrons. The molecule has 0 saturated heterocycles. The van der Waals surface area contributed by atoms with E-state index in [4.69, 9.17) is 14.2 Å². The SMILES string of the molecule is COc1cccc([C@H]2Oc3ccccc3C3=C2[C@@H](c2ccccc2)n2ncnc2N3)c1OC. The Labute approximate surface area is 191 Å². The molecule has 0 radical (unpaired) electrons. The Kier molecular flexibility index (Phi) is 4.54. The van der Waals surface area contributed by atoms with Gasteiger partial charge in [0, 0.05) is 16.7 Å². The first-order valence-electron chi connectivity index (χ1n) is 10.7. The number of aromatic nitrogens is 3. The summed E-state index contributed by atoms with van der Waals surface area (Å²) in [5, 5.41) is 8.08. The summed E-state index contributed by atoms with van der Waals surface area (Å²) in [7, 11) is 3.29. The van der Waals surface area contributed by atoms with Gasteiger partial charge in [-0.1, -0.05) is 54.6 Å². The lowest BCUT2D eigenvalue weighted by Gasteiger charge is -2.39. The average Bonchev–Trinajstić information content (AvgIpc) is 3.35. The van der Waals surface area contributed by atoms with Crippen LogP contribution >= 0.6 is 0 Å². The van der Waals surface area contributed by atoms with Crippen LogP contribution in [0.25, 0.3) is 5.70 Å². The van der Waals surface area contributed by atoms with Crippen molar-refractivity contribution in [2.24, 2.45) is 0 Å². The van der Waals surface area contributed by atoms with Crippen molar-refractivity contribution in [3.8, 4) is 17.2 Å². The molecule has 0 fully saturated rings. The Morgan fingerprint density at radius 2 is 1.73 bits per heavy atom. The van der Waals surface area contributed by atoms with Crippen LogP contribution in [0.15, 0.2) is 84.7 Å². The van der Waals surface area contributed by atoms with E-state index in [-0.39, 0.29) is 6.04 Å². The summed E-state index contributed by atoms with van der Waals surface area (Å²) in [6, 6.07) is 24.0. The predicted octanol–water partition coefficient (Wildman–Crippen LogP) is 4.86. The van der Waals surface area contributed by atoms with Crippen molar-refractivity contribution in [2.75, 3.05) is 19.5 Å². The molecule has 33 heavy (non-hydrogen) atoms. The Hall–Kier alpha value is -4.26. The summed E-state index contributed by atoms with van der Waals surface area (Å²) in [4.78, 5) is 4.48. The van der Waals surface area contributed by atoms with Crippen LogP contribution in [-0.4, -0.2) is 29.0 Å².